The second-order valence-corrected chi connectivity index (χ2v) is 9.90. The third-order valence-corrected chi connectivity index (χ3v) is 7.77. The summed E-state index contributed by atoms with van der Waals surface area (Å²) >= 11 is 0. The Kier molecular flexibility index (Phi) is 14.9. The zero-order chi connectivity index (χ0) is 20.1. The highest BCUT2D eigenvalue weighted by molar-refractivity contribution is 6.50. The smallest absolute Gasteiger partial charge is 0.871 e. The summed E-state index contributed by atoms with van der Waals surface area (Å²) in [6.07, 6.45) is 12.4. The van der Waals surface area contributed by atoms with Crippen molar-refractivity contribution < 1.29 is 29.9 Å². The van der Waals surface area contributed by atoms with Crippen molar-refractivity contribution in [3.63, 3.8) is 0 Å². The maximum Gasteiger partial charge on any atom is 0.871 e. The molecule has 0 atom stereocenters. The van der Waals surface area contributed by atoms with Crippen LogP contribution in [0.1, 0.15) is 70.9 Å². The summed E-state index contributed by atoms with van der Waals surface area (Å²) in [5, 5.41) is 0. The molecule has 7 heteroatoms. The summed E-state index contributed by atoms with van der Waals surface area (Å²) in [5.74, 6) is 0. The molecule has 0 bridgehead atoms. The van der Waals surface area contributed by atoms with Crippen molar-refractivity contribution >= 4 is 14.7 Å². The molecule has 1 heterocycles. The maximum absolute atomic E-state index is 5.63. The van der Waals surface area contributed by atoms with E-state index in [0.29, 0.717) is 0 Å². The van der Waals surface area contributed by atoms with Gasteiger partial charge < -0.3 is 30.6 Å². The van der Waals surface area contributed by atoms with E-state index in [1.807, 2.05) is 4.23 Å². The predicted octanol–water partition coefficient (Wildman–Crippen LogP) is 1.48. The number of aromatic nitrogens is 1. The molecule has 0 unspecified atom stereocenters. The van der Waals surface area contributed by atoms with E-state index in [9.17, 15) is 0 Å². The summed E-state index contributed by atoms with van der Waals surface area (Å²) in [4.78, 5) is 2.54. The third kappa shape index (κ3) is 7.99. The molecule has 0 radical (unpaired) electrons. The van der Waals surface area contributed by atoms with Crippen LogP contribution in [0.4, 0.5) is 5.69 Å². The second kappa shape index (κ2) is 15.2. The molecule has 28 heavy (non-hydrogen) atoms. The first kappa shape index (κ1) is 27.3. The Morgan fingerprint density at radius 2 is 1.36 bits per heavy atom. The van der Waals surface area contributed by atoms with Crippen LogP contribution in [0.2, 0.25) is 0 Å². The normalized spacial score (nSPS) is 11.4. The number of hydrogen-bond donors (Lipinski definition) is 0. The largest absolute Gasteiger partial charge is 1.00 e. The van der Waals surface area contributed by atoms with Crippen LogP contribution < -0.4 is 21.5 Å². The van der Waals surface area contributed by atoms with Gasteiger partial charge >= 0.3 is 8.97 Å². The lowest BCUT2D eigenvalue weighted by Crippen LogP contribution is -3.00. The van der Waals surface area contributed by atoms with Crippen LogP contribution in [0.3, 0.4) is 0 Å². The van der Waals surface area contributed by atoms with Gasteiger partial charge in [0, 0.05) is 59.2 Å². The van der Waals surface area contributed by atoms with Crippen molar-refractivity contribution in [3.05, 3.63) is 24.0 Å². The zero-order valence-electron chi connectivity index (χ0n) is 18.8. The molecule has 0 aliphatic heterocycles. The van der Waals surface area contributed by atoms with E-state index < -0.39 is 8.97 Å². The number of rotatable bonds is 15. The quantitative estimate of drug-likeness (QED) is 0.310. The number of pyridine rings is 1. The Balaban J connectivity index is 0.00000729. The minimum atomic E-state index is -2.87. The Bertz CT molecular complexity index is 510. The minimum Gasteiger partial charge on any atom is -1.00 e. The van der Waals surface area contributed by atoms with Crippen molar-refractivity contribution in [2.24, 2.45) is 0 Å². The Labute approximate surface area is 180 Å². The molecule has 0 aliphatic carbocycles. The number of nitrogens with zero attached hydrogens (tertiary/aromatic N) is 2. The SMILES string of the molecule is CCCCCCN(CCCCCC)c1cc[n+]([Si](OC)(OC)OC)c(C)c1.[Cl-]. The fraction of sp³-hybridized carbons (Fsp3) is 0.762. The van der Waals surface area contributed by atoms with Gasteiger partial charge in [-0.25, -0.2) is 4.23 Å². The molecule has 1 rings (SSSR count). The van der Waals surface area contributed by atoms with Gasteiger partial charge in [-0.2, -0.15) is 0 Å². The Morgan fingerprint density at radius 3 is 1.75 bits per heavy atom. The van der Waals surface area contributed by atoms with Crippen LogP contribution in [0.15, 0.2) is 18.3 Å². The molecule has 5 nitrogen and oxygen atoms in total. The summed E-state index contributed by atoms with van der Waals surface area (Å²) < 4.78 is 18.9. The monoisotopic (exact) mass is 432 g/mol. The van der Waals surface area contributed by atoms with Gasteiger partial charge in [0.25, 0.3) is 0 Å². The van der Waals surface area contributed by atoms with Crippen molar-refractivity contribution in [1.82, 2.24) is 0 Å². The first-order chi connectivity index (χ1) is 13.1. The molecule has 1 aromatic heterocycles. The fourth-order valence-electron chi connectivity index (χ4n) is 3.48. The highest BCUT2D eigenvalue weighted by atomic mass is 35.5. The molecule has 0 N–H and O–H groups in total. The van der Waals surface area contributed by atoms with E-state index in [1.54, 1.807) is 21.3 Å². The highest BCUT2D eigenvalue weighted by Crippen LogP contribution is 2.18. The van der Waals surface area contributed by atoms with E-state index in [-0.39, 0.29) is 12.4 Å². The number of unbranched alkanes of at least 4 members (excludes halogenated alkanes) is 6. The average Bonchev–Trinajstić information content (AvgIpc) is 2.69. The first-order valence-electron chi connectivity index (χ1n) is 10.5. The summed E-state index contributed by atoms with van der Waals surface area (Å²) in [6.45, 7) is 8.86. The maximum atomic E-state index is 5.63. The van der Waals surface area contributed by atoms with Crippen LogP contribution >= 0.6 is 0 Å². The van der Waals surface area contributed by atoms with Crippen LogP contribution in [0.25, 0.3) is 0 Å². The van der Waals surface area contributed by atoms with Gasteiger partial charge in [-0.3, -0.25) is 0 Å². The lowest BCUT2D eigenvalue weighted by atomic mass is 10.1. The highest BCUT2D eigenvalue weighted by Gasteiger charge is 2.57. The average molecular weight is 433 g/mol. The van der Waals surface area contributed by atoms with E-state index in [4.69, 9.17) is 13.3 Å². The Hall–Kier alpha value is -0.663. The molecular weight excluding hydrogens is 392 g/mol. The lowest BCUT2D eigenvalue weighted by molar-refractivity contribution is -0.600. The van der Waals surface area contributed by atoms with Gasteiger partial charge in [0.15, 0.2) is 11.9 Å². The Morgan fingerprint density at radius 1 is 0.857 bits per heavy atom. The first-order valence-corrected chi connectivity index (χ1v) is 12.2. The zero-order valence-corrected chi connectivity index (χ0v) is 20.6. The summed E-state index contributed by atoms with van der Waals surface area (Å²) in [6, 6.07) is 4.41. The van der Waals surface area contributed by atoms with E-state index in [2.05, 4.69) is 44.0 Å². The molecule has 0 aliphatic rings. The van der Waals surface area contributed by atoms with Crippen molar-refractivity contribution in [2.75, 3.05) is 39.3 Å². The van der Waals surface area contributed by atoms with Crippen molar-refractivity contribution in [1.29, 1.82) is 0 Å². The standard InChI is InChI=1S/C21H41N2O3Si.ClH/c1-7-9-11-13-16-22(17-14-12-10-8-2)21-15-18-23(20(3)19-21)27(24-4,25-5)26-6;/h15,18-19H,7-14,16-17H2,1-6H3;1H/q+1;/p-1. The molecule has 1 aromatic rings. The molecule has 0 aromatic carbocycles. The van der Waals surface area contributed by atoms with Gasteiger partial charge in [0.1, 0.15) is 0 Å². The summed E-state index contributed by atoms with van der Waals surface area (Å²) in [7, 11) is 2.07. The van der Waals surface area contributed by atoms with Gasteiger partial charge in [0.05, 0.1) is 0 Å². The molecule has 0 spiro atoms. The fourth-order valence-corrected chi connectivity index (χ4v) is 5.32. The number of anilines is 1. The molecular formula is C21H41ClN2O3Si. The topological polar surface area (TPSA) is 34.8 Å². The number of halogens is 1. The van der Waals surface area contributed by atoms with E-state index in [1.165, 1.54) is 57.1 Å². The van der Waals surface area contributed by atoms with Gasteiger partial charge in [-0.1, -0.05) is 52.4 Å². The molecule has 0 fully saturated rings. The van der Waals surface area contributed by atoms with Crippen molar-refractivity contribution in [2.45, 2.75) is 72.1 Å². The van der Waals surface area contributed by atoms with Gasteiger partial charge in [-0.05, 0) is 12.8 Å². The minimum absolute atomic E-state index is 0. The molecule has 0 saturated carbocycles. The molecule has 164 valence electrons. The molecule has 0 amide bonds. The van der Waals surface area contributed by atoms with Crippen molar-refractivity contribution in [3.8, 4) is 0 Å². The van der Waals surface area contributed by atoms with Crippen LogP contribution in [0, 0.1) is 6.92 Å². The predicted molar refractivity (Wildman–Crippen MR) is 114 cm³/mol. The van der Waals surface area contributed by atoms with Crippen LogP contribution in [-0.2, 0) is 13.3 Å². The second-order valence-electron chi connectivity index (χ2n) is 7.14. The van der Waals surface area contributed by atoms with Gasteiger partial charge in [-0.15, -0.1) is 0 Å². The summed E-state index contributed by atoms with van der Waals surface area (Å²) in [5.41, 5.74) is 2.37. The lowest BCUT2D eigenvalue weighted by Gasteiger charge is -2.26. The van der Waals surface area contributed by atoms with E-state index >= 15 is 0 Å². The van der Waals surface area contributed by atoms with E-state index in [0.717, 1.165) is 18.8 Å². The van der Waals surface area contributed by atoms with Crippen LogP contribution in [0.5, 0.6) is 0 Å². The number of hydrogen-bond acceptors (Lipinski definition) is 4. The van der Waals surface area contributed by atoms with Gasteiger partial charge in [0.2, 0.25) is 0 Å². The third-order valence-electron chi connectivity index (χ3n) is 5.13. The molecule has 0 saturated heterocycles. The van der Waals surface area contributed by atoms with Crippen LogP contribution in [-0.4, -0.2) is 43.4 Å². The number of aryl methyl sites for hydroxylation is 1.